The van der Waals surface area contributed by atoms with E-state index >= 15 is 0 Å². The lowest BCUT2D eigenvalue weighted by atomic mass is 10.2. The van der Waals surface area contributed by atoms with Gasteiger partial charge in [-0.3, -0.25) is 0 Å². The van der Waals surface area contributed by atoms with E-state index in [0.717, 1.165) is 11.4 Å². The van der Waals surface area contributed by atoms with E-state index < -0.39 is 0 Å². The summed E-state index contributed by atoms with van der Waals surface area (Å²) in [5, 5.41) is 6.91. The predicted molar refractivity (Wildman–Crippen MR) is 99.6 cm³/mol. The van der Waals surface area contributed by atoms with Gasteiger partial charge in [-0.2, -0.15) is 4.98 Å². The molecule has 0 saturated carbocycles. The number of aromatic nitrogens is 2. The van der Waals surface area contributed by atoms with Crippen molar-refractivity contribution in [3.8, 4) is 11.5 Å². The van der Waals surface area contributed by atoms with Crippen molar-refractivity contribution in [2.45, 2.75) is 0 Å². The van der Waals surface area contributed by atoms with Crippen LogP contribution in [0.3, 0.4) is 0 Å². The molecule has 3 aromatic rings. The number of ether oxygens (including phenoxy) is 2. The highest BCUT2D eigenvalue weighted by Crippen LogP contribution is 2.31. The normalized spacial score (nSPS) is 10.2. The molecule has 0 fully saturated rings. The zero-order valence-corrected chi connectivity index (χ0v) is 14.5. The van der Waals surface area contributed by atoms with Crippen LogP contribution in [-0.4, -0.2) is 24.2 Å². The number of anilines is 4. The van der Waals surface area contributed by atoms with E-state index in [1.807, 2.05) is 36.4 Å². The number of hydrogen-bond donors (Lipinski definition) is 2. The van der Waals surface area contributed by atoms with Gasteiger partial charge in [-0.1, -0.05) is 23.7 Å². The van der Waals surface area contributed by atoms with Crippen molar-refractivity contribution in [2.24, 2.45) is 0 Å². The van der Waals surface area contributed by atoms with Crippen LogP contribution in [0.5, 0.6) is 11.5 Å². The Labute approximate surface area is 150 Å². The molecular formula is C18H17ClN4O2. The Balaban J connectivity index is 1.79. The van der Waals surface area contributed by atoms with Crippen molar-refractivity contribution in [1.82, 2.24) is 9.97 Å². The minimum atomic E-state index is 0.443. The molecule has 1 aromatic heterocycles. The number of benzene rings is 2. The molecule has 7 heteroatoms. The molecule has 0 radical (unpaired) electrons. The van der Waals surface area contributed by atoms with Gasteiger partial charge in [-0.25, -0.2) is 4.98 Å². The summed E-state index contributed by atoms with van der Waals surface area (Å²) in [6.07, 6.45) is 1.66. The number of halogens is 1. The minimum Gasteiger partial charge on any atom is -0.493 e. The van der Waals surface area contributed by atoms with Crippen LogP contribution in [0.4, 0.5) is 23.1 Å². The van der Waals surface area contributed by atoms with Gasteiger partial charge in [-0.05, 0) is 30.3 Å². The number of hydrogen-bond acceptors (Lipinski definition) is 6. The molecule has 25 heavy (non-hydrogen) atoms. The number of nitrogens with zero attached hydrogens (tertiary/aromatic N) is 2. The lowest BCUT2D eigenvalue weighted by Crippen LogP contribution is -2.01. The molecular weight excluding hydrogens is 340 g/mol. The fraction of sp³-hybridized carbons (Fsp3) is 0.111. The van der Waals surface area contributed by atoms with Gasteiger partial charge >= 0.3 is 0 Å². The molecule has 3 rings (SSSR count). The van der Waals surface area contributed by atoms with Crippen molar-refractivity contribution < 1.29 is 9.47 Å². The van der Waals surface area contributed by atoms with Crippen LogP contribution in [0, 0.1) is 0 Å². The Morgan fingerprint density at radius 2 is 1.72 bits per heavy atom. The van der Waals surface area contributed by atoms with E-state index in [-0.39, 0.29) is 0 Å². The summed E-state index contributed by atoms with van der Waals surface area (Å²) < 4.78 is 10.5. The summed E-state index contributed by atoms with van der Waals surface area (Å²) in [7, 11) is 3.19. The SMILES string of the molecule is COc1ccc(Nc2ccnc(Nc3ccccc3Cl)n2)cc1OC. The van der Waals surface area contributed by atoms with Crippen LogP contribution in [0.1, 0.15) is 0 Å². The summed E-state index contributed by atoms with van der Waals surface area (Å²) in [5.74, 6) is 2.38. The zero-order valence-electron chi connectivity index (χ0n) is 13.8. The standard InChI is InChI=1S/C18H17ClN4O2/c1-24-15-8-7-12(11-16(15)25-2)21-17-9-10-20-18(23-17)22-14-6-4-3-5-13(14)19/h3-11H,1-2H3,(H2,20,21,22,23). The number of nitrogens with one attached hydrogen (secondary N) is 2. The maximum Gasteiger partial charge on any atom is 0.229 e. The smallest absolute Gasteiger partial charge is 0.229 e. The van der Waals surface area contributed by atoms with Gasteiger partial charge in [0.25, 0.3) is 0 Å². The average molecular weight is 357 g/mol. The van der Waals surface area contributed by atoms with E-state index in [2.05, 4.69) is 20.6 Å². The monoisotopic (exact) mass is 356 g/mol. The van der Waals surface area contributed by atoms with Crippen molar-refractivity contribution in [3.05, 3.63) is 59.8 Å². The average Bonchev–Trinajstić information content (AvgIpc) is 2.64. The molecule has 6 nitrogen and oxygen atoms in total. The highest BCUT2D eigenvalue weighted by molar-refractivity contribution is 6.33. The van der Waals surface area contributed by atoms with E-state index in [4.69, 9.17) is 21.1 Å². The Bertz CT molecular complexity index is 873. The third-order valence-electron chi connectivity index (χ3n) is 3.43. The maximum absolute atomic E-state index is 6.15. The van der Waals surface area contributed by atoms with Crippen LogP contribution in [0.2, 0.25) is 5.02 Å². The van der Waals surface area contributed by atoms with Gasteiger partial charge in [0.15, 0.2) is 11.5 Å². The van der Waals surface area contributed by atoms with Crippen molar-refractivity contribution in [2.75, 3.05) is 24.9 Å². The van der Waals surface area contributed by atoms with Gasteiger partial charge in [0.2, 0.25) is 5.95 Å². The second-order valence-electron chi connectivity index (χ2n) is 5.07. The topological polar surface area (TPSA) is 68.3 Å². The van der Waals surface area contributed by atoms with Crippen LogP contribution in [0.25, 0.3) is 0 Å². The first-order valence-corrected chi connectivity index (χ1v) is 7.91. The number of para-hydroxylation sites is 1. The molecule has 0 atom stereocenters. The van der Waals surface area contributed by atoms with E-state index in [1.54, 1.807) is 32.5 Å². The number of methoxy groups -OCH3 is 2. The van der Waals surface area contributed by atoms with Gasteiger partial charge in [0.1, 0.15) is 5.82 Å². The largest absolute Gasteiger partial charge is 0.493 e. The van der Waals surface area contributed by atoms with Gasteiger partial charge in [0, 0.05) is 18.0 Å². The molecule has 2 N–H and O–H groups in total. The van der Waals surface area contributed by atoms with Crippen LogP contribution < -0.4 is 20.1 Å². The van der Waals surface area contributed by atoms with Crippen LogP contribution in [-0.2, 0) is 0 Å². The highest BCUT2D eigenvalue weighted by atomic mass is 35.5. The first-order chi connectivity index (χ1) is 12.2. The fourth-order valence-electron chi connectivity index (χ4n) is 2.23. The molecule has 0 unspecified atom stereocenters. The van der Waals surface area contributed by atoms with Crippen LogP contribution >= 0.6 is 11.6 Å². The zero-order chi connectivity index (χ0) is 17.6. The Hall–Kier alpha value is -2.99. The number of rotatable bonds is 6. The fourth-order valence-corrected chi connectivity index (χ4v) is 2.42. The molecule has 0 aliphatic carbocycles. The van der Waals surface area contributed by atoms with Crippen molar-refractivity contribution in [3.63, 3.8) is 0 Å². The molecule has 0 aliphatic rings. The van der Waals surface area contributed by atoms with Gasteiger partial charge in [-0.15, -0.1) is 0 Å². The van der Waals surface area contributed by atoms with E-state index in [9.17, 15) is 0 Å². The third kappa shape index (κ3) is 4.10. The van der Waals surface area contributed by atoms with Crippen LogP contribution in [0.15, 0.2) is 54.7 Å². The predicted octanol–water partition coefficient (Wildman–Crippen LogP) is 4.63. The lowest BCUT2D eigenvalue weighted by molar-refractivity contribution is 0.355. The van der Waals surface area contributed by atoms with Gasteiger partial charge in [0.05, 0.1) is 24.9 Å². The molecule has 0 saturated heterocycles. The second kappa shape index (κ2) is 7.72. The summed E-state index contributed by atoms with van der Waals surface area (Å²) >= 11 is 6.15. The van der Waals surface area contributed by atoms with Crippen molar-refractivity contribution >= 4 is 34.7 Å². The Morgan fingerprint density at radius 3 is 2.48 bits per heavy atom. The van der Waals surface area contributed by atoms with Crippen molar-refractivity contribution in [1.29, 1.82) is 0 Å². The first kappa shape index (κ1) is 16.9. The Morgan fingerprint density at radius 1 is 0.920 bits per heavy atom. The molecule has 0 aliphatic heterocycles. The maximum atomic E-state index is 6.15. The summed E-state index contributed by atoms with van der Waals surface area (Å²) in [6.45, 7) is 0. The Kier molecular flexibility index (Phi) is 5.20. The molecule has 0 amide bonds. The quantitative estimate of drug-likeness (QED) is 0.671. The second-order valence-corrected chi connectivity index (χ2v) is 5.47. The summed E-state index contributed by atoms with van der Waals surface area (Å²) in [4.78, 5) is 8.65. The molecule has 0 spiro atoms. The van der Waals surface area contributed by atoms with E-state index in [1.165, 1.54) is 0 Å². The molecule has 2 aromatic carbocycles. The van der Waals surface area contributed by atoms with E-state index in [0.29, 0.717) is 28.3 Å². The summed E-state index contributed by atoms with van der Waals surface area (Å²) in [5.41, 5.74) is 1.56. The van der Waals surface area contributed by atoms with Gasteiger partial charge < -0.3 is 20.1 Å². The molecule has 1 heterocycles. The first-order valence-electron chi connectivity index (χ1n) is 7.53. The lowest BCUT2D eigenvalue weighted by Gasteiger charge is -2.12. The third-order valence-corrected chi connectivity index (χ3v) is 3.76. The minimum absolute atomic E-state index is 0.443. The molecule has 128 valence electrons. The summed E-state index contributed by atoms with van der Waals surface area (Å²) in [6, 6.07) is 14.7. The molecule has 0 bridgehead atoms. The highest BCUT2D eigenvalue weighted by Gasteiger charge is 2.07.